The zero-order valence-electron chi connectivity index (χ0n) is 11.4. The normalized spacial score (nSPS) is 18.7. The Morgan fingerprint density at radius 1 is 1.47 bits per heavy atom. The van der Waals surface area contributed by atoms with Crippen LogP contribution < -0.4 is 4.74 Å². The fraction of sp³-hybridized carbons (Fsp3) is 0.500. The highest BCUT2D eigenvalue weighted by molar-refractivity contribution is 5.77. The molecule has 0 radical (unpaired) electrons. The number of ether oxygens (including phenoxy) is 2. The number of nitrogens with zero attached hydrogens (tertiary/aromatic N) is 1. The van der Waals surface area contributed by atoms with E-state index in [-0.39, 0.29) is 19.3 Å². The summed E-state index contributed by atoms with van der Waals surface area (Å²) in [5.74, 6) is -0.0922. The third-order valence-corrected chi connectivity index (χ3v) is 3.59. The number of hydrogen-bond donors (Lipinski definition) is 1. The lowest BCUT2D eigenvalue weighted by molar-refractivity contribution is -0.193. The van der Waals surface area contributed by atoms with Crippen LogP contribution in [0.5, 0.6) is 5.75 Å². The van der Waals surface area contributed by atoms with Gasteiger partial charge in [0, 0.05) is 0 Å². The van der Waals surface area contributed by atoms with E-state index in [9.17, 15) is 9.90 Å². The van der Waals surface area contributed by atoms with Crippen LogP contribution in [0.1, 0.15) is 11.6 Å². The van der Waals surface area contributed by atoms with E-state index in [0.29, 0.717) is 0 Å². The lowest BCUT2D eigenvalue weighted by atomic mass is 9.74. The molecule has 0 aliphatic carbocycles. The molecule has 1 heterocycles. The number of carboxylic acid groups (broad SMARTS) is 1. The fourth-order valence-electron chi connectivity index (χ4n) is 2.64. The monoisotopic (exact) mass is 265 g/mol. The van der Waals surface area contributed by atoms with Crippen molar-refractivity contribution in [1.29, 1.82) is 0 Å². The van der Waals surface area contributed by atoms with Crippen molar-refractivity contribution in [3.05, 3.63) is 29.8 Å². The number of carboxylic acids is 1. The minimum absolute atomic E-state index is 0.238. The summed E-state index contributed by atoms with van der Waals surface area (Å²) in [5, 5.41) is 9.55. The molecule has 1 aromatic carbocycles. The zero-order valence-corrected chi connectivity index (χ0v) is 11.4. The van der Waals surface area contributed by atoms with Crippen molar-refractivity contribution in [3.8, 4) is 5.75 Å². The van der Waals surface area contributed by atoms with Crippen molar-refractivity contribution < 1.29 is 19.4 Å². The van der Waals surface area contributed by atoms with Gasteiger partial charge in [-0.25, -0.2) is 0 Å². The number of carbonyl (C=O) groups is 1. The molecule has 1 fully saturated rings. The number of rotatable bonds is 5. The molecule has 104 valence electrons. The first-order valence-corrected chi connectivity index (χ1v) is 6.13. The molecule has 1 saturated heterocycles. The van der Waals surface area contributed by atoms with Crippen molar-refractivity contribution in [3.63, 3.8) is 0 Å². The summed E-state index contributed by atoms with van der Waals surface area (Å²) in [7, 11) is 5.36. The fourth-order valence-corrected chi connectivity index (χ4v) is 2.64. The van der Waals surface area contributed by atoms with E-state index in [2.05, 4.69) is 0 Å². The Bertz CT molecular complexity index is 468. The van der Waals surface area contributed by atoms with Crippen LogP contribution in [-0.2, 0) is 9.53 Å². The minimum atomic E-state index is -0.879. The summed E-state index contributed by atoms with van der Waals surface area (Å²) >= 11 is 0. The molecule has 0 bridgehead atoms. The molecular formula is C14H19NO4. The molecule has 1 aliphatic heterocycles. The second kappa shape index (κ2) is 5.19. The third-order valence-electron chi connectivity index (χ3n) is 3.59. The number of benzene rings is 1. The maximum atomic E-state index is 11.6. The Morgan fingerprint density at radius 2 is 2.16 bits per heavy atom. The van der Waals surface area contributed by atoms with Gasteiger partial charge in [-0.1, -0.05) is 12.1 Å². The van der Waals surface area contributed by atoms with Crippen LogP contribution in [0.3, 0.4) is 0 Å². The Balaban J connectivity index is 2.42. The van der Waals surface area contributed by atoms with Gasteiger partial charge in [0.2, 0.25) is 0 Å². The third kappa shape index (κ3) is 2.31. The van der Waals surface area contributed by atoms with Crippen LogP contribution in [-0.4, -0.2) is 50.4 Å². The largest absolute Gasteiger partial charge is 0.497 e. The van der Waals surface area contributed by atoms with Crippen LogP contribution in [0.4, 0.5) is 0 Å². The standard InChI is InChI=1S/C14H19NO4/c1-15(2)12(14(13(16)17)8-19-9-14)10-5-4-6-11(7-10)18-3/h4-7,12H,8-9H2,1-3H3,(H,16,17). The van der Waals surface area contributed by atoms with Crippen LogP contribution in [0.2, 0.25) is 0 Å². The maximum Gasteiger partial charge on any atom is 0.316 e. The molecule has 0 aromatic heterocycles. The van der Waals surface area contributed by atoms with Gasteiger partial charge in [-0.05, 0) is 31.8 Å². The second-order valence-corrected chi connectivity index (χ2v) is 5.10. The molecule has 19 heavy (non-hydrogen) atoms. The quantitative estimate of drug-likeness (QED) is 0.872. The first-order chi connectivity index (χ1) is 9.01. The number of hydrogen-bond acceptors (Lipinski definition) is 4. The lowest BCUT2D eigenvalue weighted by Crippen LogP contribution is -2.56. The highest BCUT2D eigenvalue weighted by Crippen LogP contribution is 2.44. The summed E-state index contributed by atoms with van der Waals surface area (Å²) in [6.07, 6.45) is 0. The minimum Gasteiger partial charge on any atom is -0.497 e. The van der Waals surface area contributed by atoms with Crippen molar-refractivity contribution in [1.82, 2.24) is 4.90 Å². The van der Waals surface area contributed by atoms with Crippen LogP contribution >= 0.6 is 0 Å². The molecule has 2 rings (SSSR count). The predicted molar refractivity (Wildman–Crippen MR) is 70.3 cm³/mol. The molecular weight excluding hydrogens is 246 g/mol. The highest BCUT2D eigenvalue weighted by Gasteiger charge is 2.54. The van der Waals surface area contributed by atoms with Crippen molar-refractivity contribution in [2.24, 2.45) is 5.41 Å². The first kappa shape index (κ1) is 13.8. The van der Waals surface area contributed by atoms with E-state index in [1.807, 2.05) is 43.3 Å². The molecule has 1 aliphatic rings. The van der Waals surface area contributed by atoms with Gasteiger partial charge < -0.3 is 19.5 Å². The van der Waals surface area contributed by atoms with Crippen molar-refractivity contribution in [2.45, 2.75) is 6.04 Å². The van der Waals surface area contributed by atoms with E-state index in [4.69, 9.17) is 9.47 Å². The number of aliphatic carboxylic acids is 1. The summed E-state index contributed by atoms with van der Waals surface area (Å²) in [4.78, 5) is 13.6. The van der Waals surface area contributed by atoms with Gasteiger partial charge in [0.15, 0.2) is 0 Å². The zero-order chi connectivity index (χ0) is 14.0. The Hall–Kier alpha value is -1.59. The van der Waals surface area contributed by atoms with Gasteiger partial charge in [-0.2, -0.15) is 0 Å². The molecule has 1 aromatic rings. The molecule has 1 unspecified atom stereocenters. The Kier molecular flexibility index (Phi) is 3.78. The van der Waals surface area contributed by atoms with Crippen molar-refractivity contribution in [2.75, 3.05) is 34.4 Å². The topological polar surface area (TPSA) is 59.0 Å². The predicted octanol–water partition coefficient (Wildman–Crippen LogP) is 1.40. The van der Waals surface area contributed by atoms with Crippen molar-refractivity contribution >= 4 is 5.97 Å². The molecule has 5 nitrogen and oxygen atoms in total. The molecule has 0 amide bonds. The molecule has 1 atom stereocenters. The summed E-state index contributed by atoms with van der Waals surface area (Å²) in [5.41, 5.74) is 0.0469. The lowest BCUT2D eigenvalue weighted by Gasteiger charge is -2.46. The van der Waals surface area contributed by atoms with E-state index in [1.54, 1.807) is 7.11 Å². The van der Waals surface area contributed by atoms with Gasteiger partial charge in [0.25, 0.3) is 0 Å². The average Bonchev–Trinajstić information content (AvgIpc) is 2.32. The maximum absolute atomic E-state index is 11.6. The van der Waals surface area contributed by atoms with Crippen LogP contribution in [0.25, 0.3) is 0 Å². The summed E-state index contributed by atoms with van der Waals surface area (Å²) < 4.78 is 10.4. The van der Waals surface area contributed by atoms with Gasteiger partial charge in [-0.3, -0.25) is 4.79 Å². The van der Waals surface area contributed by atoms with E-state index >= 15 is 0 Å². The molecule has 0 spiro atoms. The summed E-state index contributed by atoms with van der Waals surface area (Å²) in [6, 6.07) is 7.29. The SMILES string of the molecule is COc1cccc(C(N(C)C)C2(C(=O)O)COC2)c1. The van der Waals surface area contributed by atoms with Crippen LogP contribution in [0.15, 0.2) is 24.3 Å². The first-order valence-electron chi connectivity index (χ1n) is 6.13. The van der Waals surface area contributed by atoms with E-state index < -0.39 is 11.4 Å². The smallest absolute Gasteiger partial charge is 0.316 e. The highest BCUT2D eigenvalue weighted by atomic mass is 16.5. The van der Waals surface area contributed by atoms with E-state index in [0.717, 1.165) is 11.3 Å². The Labute approximate surface area is 112 Å². The van der Waals surface area contributed by atoms with Gasteiger partial charge in [-0.15, -0.1) is 0 Å². The van der Waals surface area contributed by atoms with Gasteiger partial charge >= 0.3 is 5.97 Å². The van der Waals surface area contributed by atoms with Crippen LogP contribution in [0, 0.1) is 5.41 Å². The molecule has 1 N–H and O–H groups in total. The molecule has 5 heteroatoms. The molecule has 0 saturated carbocycles. The van der Waals surface area contributed by atoms with Gasteiger partial charge in [0.05, 0.1) is 26.4 Å². The number of methoxy groups -OCH3 is 1. The van der Waals surface area contributed by atoms with Gasteiger partial charge in [0.1, 0.15) is 11.2 Å². The van der Waals surface area contributed by atoms with E-state index in [1.165, 1.54) is 0 Å². The second-order valence-electron chi connectivity index (χ2n) is 5.10. The average molecular weight is 265 g/mol. The summed E-state index contributed by atoms with van der Waals surface area (Å²) in [6.45, 7) is 0.477. The Morgan fingerprint density at radius 3 is 2.58 bits per heavy atom.